The zero-order valence-corrected chi connectivity index (χ0v) is 10.8. The molecule has 0 heterocycles. The average molecular weight is 252 g/mol. The largest absolute Gasteiger partial charge is 0.393 e. The zero-order chi connectivity index (χ0) is 13.1. The maximum absolute atomic E-state index is 13.8. The number of rotatable bonds is 5. The van der Waals surface area contributed by atoms with Gasteiger partial charge in [0.25, 0.3) is 0 Å². The molecule has 4 heteroatoms. The Bertz CT molecular complexity index is 405. The molecule has 18 heavy (non-hydrogen) atoms. The third-order valence-corrected chi connectivity index (χ3v) is 3.57. The molecule has 1 fully saturated rings. The second-order valence-corrected chi connectivity index (χ2v) is 5.32. The minimum absolute atomic E-state index is 0.121. The molecule has 0 saturated heterocycles. The van der Waals surface area contributed by atoms with Gasteiger partial charge in [-0.25, -0.2) is 4.39 Å². The van der Waals surface area contributed by atoms with Gasteiger partial charge < -0.3 is 15.7 Å². The van der Waals surface area contributed by atoms with Crippen LogP contribution in [-0.2, 0) is 13.1 Å². The van der Waals surface area contributed by atoms with Crippen molar-refractivity contribution in [3.05, 3.63) is 35.1 Å². The Morgan fingerprint density at radius 1 is 1.44 bits per heavy atom. The summed E-state index contributed by atoms with van der Waals surface area (Å²) in [5.41, 5.74) is 7.00. The van der Waals surface area contributed by atoms with Crippen LogP contribution in [0.1, 0.15) is 24.0 Å². The lowest BCUT2D eigenvalue weighted by Crippen LogP contribution is -2.36. The number of nitrogens with zero attached hydrogens (tertiary/aromatic N) is 1. The van der Waals surface area contributed by atoms with E-state index < -0.39 is 0 Å². The number of hydrogen-bond donors (Lipinski definition) is 2. The molecule has 0 unspecified atom stereocenters. The van der Waals surface area contributed by atoms with Crippen LogP contribution in [0.2, 0.25) is 0 Å². The van der Waals surface area contributed by atoms with E-state index in [1.165, 1.54) is 6.07 Å². The minimum atomic E-state index is -0.182. The summed E-state index contributed by atoms with van der Waals surface area (Å²) in [4.78, 5) is 2.11. The topological polar surface area (TPSA) is 49.5 Å². The summed E-state index contributed by atoms with van der Waals surface area (Å²) in [6.45, 7) is 1.88. The van der Waals surface area contributed by atoms with Gasteiger partial charge >= 0.3 is 0 Å². The third-order valence-electron chi connectivity index (χ3n) is 3.57. The first-order valence-electron chi connectivity index (χ1n) is 6.42. The lowest BCUT2D eigenvalue weighted by Gasteiger charge is -2.34. The molecule has 0 bridgehead atoms. The molecule has 1 aromatic rings. The monoisotopic (exact) mass is 252 g/mol. The zero-order valence-electron chi connectivity index (χ0n) is 10.8. The van der Waals surface area contributed by atoms with E-state index in [9.17, 15) is 9.50 Å². The summed E-state index contributed by atoms with van der Waals surface area (Å²) in [6, 6.07) is 5.19. The fraction of sp³-hybridized carbons (Fsp3) is 0.571. The van der Waals surface area contributed by atoms with Crippen LogP contribution < -0.4 is 5.73 Å². The van der Waals surface area contributed by atoms with Crippen LogP contribution in [0, 0.1) is 11.7 Å². The van der Waals surface area contributed by atoms with Gasteiger partial charge in [0, 0.05) is 25.2 Å². The van der Waals surface area contributed by atoms with Crippen LogP contribution in [0.15, 0.2) is 18.2 Å². The van der Waals surface area contributed by atoms with Crippen LogP contribution in [0.25, 0.3) is 0 Å². The molecule has 0 amide bonds. The van der Waals surface area contributed by atoms with E-state index in [1.54, 1.807) is 0 Å². The van der Waals surface area contributed by atoms with Crippen LogP contribution in [0.5, 0.6) is 0 Å². The lowest BCUT2D eigenvalue weighted by molar-refractivity contribution is 0.0272. The molecule has 1 aromatic carbocycles. The molecule has 2 rings (SSSR count). The van der Waals surface area contributed by atoms with Gasteiger partial charge in [-0.05, 0) is 37.4 Å². The second-order valence-electron chi connectivity index (χ2n) is 5.32. The highest BCUT2D eigenvalue weighted by Crippen LogP contribution is 2.28. The summed E-state index contributed by atoms with van der Waals surface area (Å²) >= 11 is 0. The summed E-state index contributed by atoms with van der Waals surface area (Å²) in [7, 11) is 1.99. The first kappa shape index (κ1) is 13.5. The lowest BCUT2D eigenvalue weighted by atomic mass is 9.82. The summed E-state index contributed by atoms with van der Waals surface area (Å²) in [5.74, 6) is 0.370. The Morgan fingerprint density at radius 2 is 2.17 bits per heavy atom. The van der Waals surface area contributed by atoms with E-state index in [0.29, 0.717) is 24.6 Å². The van der Waals surface area contributed by atoms with E-state index in [0.717, 1.165) is 24.9 Å². The fourth-order valence-electron chi connectivity index (χ4n) is 2.49. The number of aliphatic hydroxyl groups is 1. The third kappa shape index (κ3) is 3.28. The van der Waals surface area contributed by atoms with Crippen molar-refractivity contribution in [1.82, 2.24) is 4.90 Å². The molecule has 1 aliphatic rings. The maximum atomic E-state index is 13.8. The van der Waals surface area contributed by atoms with Gasteiger partial charge in [-0.1, -0.05) is 12.1 Å². The molecule has 0 atom stereocenters. The van der Waals surface area contributed by atoms with Crippen LogP contribution in [-0.4, -0.2) is 29.7 Å². The molecule has 3 nitrogen and oxygen atoms in total. The van der Waals surface area contributed by atoms with Crippen molar-refractivity contribution >= 4 is 0 Å². The van der Waals surface area contributed by atoms with Crippen molar-refractivity contribution in [3.63, 3.8) is 0 Å². The standard InChI is InChI=1S/C14H21FN2O/c1-17(8-11-4-13(18)5-11)9-12-3-2-10(7-16)6-14(12)15/h2-3,6,11,13,18H,4-5,7-9,16H2,1H3. The fourth-order valence-corrected chi connectivity index (χ4v) is 2.49. The van der Waals surface area contributed by atoms with Crippen molar-refractivity contribution in [2.24, 2.45) is 11.7 Å². The highest BCUT2D eigenvalue weighted by atomic mass is 19.1. The Balaban J connectivity index is 1.88. The molecular formula is C14H21FN2O. The van der Waals surface area contributed by atoms with Crippen molar-refractivity contribution in [3.8, 4) is 0 Å². The van der Waals surface area contributed by atoms with E-state index in [1.807, 2.05) is 19.2 Å². The van der Waals surface area contributed by atoms with Crippen molar-refractivity contribution in [1.29, 1.82) is 0 Å². The number of aliphatic hydroxyl groups excluding tert-OH is 1. The van der Waals surface area contributed by atoms with Gasteiger partial charge in [0.15, 0.2) is 0 Å². The predicted molar refractivity (Wildman–Crippen MR) is 69.4 cm³/mol. The number of halogens is 1. The van der Waals surface area contributed by atoms with Gasteiger partial charge in [-0.2, -0.15) is 0 Å². The number of nitrogens with two attached hydrogens (primary N) is 1. The smallest absolute Gasteiger partial charge is 0.128 e. The highest BCUT2D eigenvalue weighted by Gasteiger charge is 2.27. The summed E-state index contributed by atoms with van der Waals surface area (Å²) in [6.07, 6.45) is 1.63. The van der Waals surface area contributed by atoms with Gasteiger partial charge in [0.05, 0.1) is 6.10 Å². The number of benzene rings is 1. The van der Waals surface area contributed by atoms with Crippen LogP contribution in [0.3, 0.4) is 0 Å². The predicted octanol–water partition coefficient (Wildman–Crippen LogP) is 1.49. The van der Waals surface area contributed by atoms with E-state index in [4.69, 9.17) is 5.73 Å². The Labute approximate surface area is 107 Å². The summed E-state index contributed by atoms with van der Waals surface area (Å²) < 4.78 is 13.8. The SMILES string of the molecule is CN(Cc1ccc(CN)cc1F)CC1CC(O)C1. The normalized spacial score (nSPS) is 23.2. The van der Waals surface area contributed by atoms with Gasteiger partial charge in [-0.3, -0.25) is 0 Å². The van der Waals surface area contributed by atoms with Crippen LogP contribution in [0.4, 0.5) is 4.39 Å². The molecule has 100 valence electrons. The van der Waals surface area contributed by atoms with E-state index in [2.05, 4.69) is 4.90 Å². The molecule has 0 aliphatic heterocycles. The molecule has 0 spiro atoms. The van der Waals surface area contributed by atoms with E-state index >= 15 is 0 Å². The van der Waals surface area contributed by atoms with Crippen molar-refractivity contribution in [2.45, 2.75) is 32.0 Å². The quantitative estimate of drug-likeness (QED) is 0.834. The van der Waals surface area contributed by atoms with Crippen molar-refractivity contribution in [2.75, 3.05) is 13.6 Å². The molecule has 1 saturated carbocycles. The van der Waals surface area contributed by atoms with Crippen LogP contribution >= 0.6 is 0 Å². The highest BCUT2D eigenvalue weighted by molar-refractivity contribution is 5.24. The number of hydrogen-bond acceptors (Lipinski definition) is 3. The van der Waals surface area contributed by atoms with Gasteiger partial charge in [0.1, 0.15) is 5.82 Å². The maximum Gasteiger partial charge on any atom is 0.128 e. The molecule has 3 N–H and O–H groups in total. The minimum Gasteiger partial charge on any atom is -0.393 e. The Hall–Kier alpha value is -0.970. The Morgan fingerprint density at radius 3 is 2.72 bits per heavy atom. The van der Waals surface area contributed by atoms with Gasteiger partial charge in [0.2, 0.25) is 0 Å². The average Bonchev–Trinajstić information content (AvgIpc) is 2.30. The first-order valence-corrected chi connectivity index (χ1v) is 6.42. The van der Waals surface area contributed by atoms with E-state index in [-0.39, 0.29) is 11.9 Å². The first-order chi connectivity index (χ1) is 8.58. The van der Waals surface area contributed by atoms with Crippen molar-refractivity contribution < 1.29 is 9.50 Å². The molecule has 0 aromatic heterocycles. The van der Waals surface area contributed by atoms with Gasteiger partial charge in [-0.15, -0.1) is 0 Å². The second kappa shape index (κ2) is 5.78. The Kier molecular flexibility index (Phi) is 4.32. The molecule has 1 aliphatic carbocycles. The molecule has 0 radical (unpaired) electrons. The summed E-state index contributed by atoms with van der Waals surface area (Å²) in [5, 5.41) is 9.23. The molecular weight excluding hydrogens is 231 g/mol.